The number of aliphatic carboxylic acids is 1. The van der Waals surface area contributed by atoms with Crippen LogP contribution in [-0.2, 0) is 21.1 Å². The molecule has 7 nitrogen and oxygen atoms in total. The predicted molar refractivity (Wildman–Crippen MR) is 113 cm³/mol. The lowest BCUT2D eigenvalue weighted by atomic mass is 10.0. The zero-order valence-corrected chi connectivity index (χ0v) is 18.2. The molecule has 1 fully saturated rings. The molecule has 2 aromatic rings. The summed E-state index contributed by atoms with van der Waals surface area (Å²) in [7, 11) is -4.15. The number of hydrogen-bond donors (Lipinski definition) is 2. The van der Waals surface area contributed by atoms with Gasteiger partial charge in [0.05, 0.1) is 12.9 Å². The summed E-state index contributed by atoms with van der Waals surface area (Å²) in [5.41, 5.74) is 0.603. The molecule has 3 rings (SSSR count). The molecule has 0 aliphatic carbocycles. The van der Waals surface area contributed by atoms with Gasteiger partial charge in [0.1, 0.15) is 16.4 Å². The maximum atomic E-state index is 13.1. The Hall–Kier alpha value is -2.32. The molecule has 1 aromatic carbocycles. The van der Waals surface area contributed by atoms with E-state index in [1.807, 2.05) is 0 Å². The monoisotopic (exact) mass is 435 g/mol. The van der Waals surface area contributed by atoms with E-state index in [1.54, 1.807) is 24.3 Å². The fraction of sp³-hybridized carbons (Fsp3) is 0.500. The molecule has 0 saturated carbocycles. The molecule has 0 amide bonds. The van der Waals surface area contributed by atoms with E-state index in [0.717, 1.165) is 13.0 Å². The minimum atomic E-state index is -4.15. The Kier molecular flexibility index (Phi) is 6.88. The van der Waals surface area contributed by atoms with Gasteiger partial charge in [-0.2, -0.15) is 0 Å². The van der Waals surface area contributed by atoms with Crippen molar-refractivity contribution in [2.24, 2.45) is 0 Å². The van der Waals surface area contributed by atoms with Gasteiger partial charge in [-0.25, -0.2) is 8.42 Å². The number of hydrogen-bond acceptors (Lipinski definition) is 6. The van der Waals surface area contributed by atoms with Gasteiger partial charge >= 0.3 is 5.97 Å². The van der Waals surface area contributed by atoms with Gasteiger partial charge in [-0.15, -0.1) is 0 Å². The van der Waals surface area contributed by atoms with E-state index in [4.69, 9.17) is 9.15 Å². The zero-order chi connectivity index (χ0) is 21.8. The van der Waals surface area contributed by atoms with Crippen molar-refractivity contribution in [3.63, 3.8) is 0 Å². The lowest BCUT2D eigenvalue weighted by Gasteiger charge is -2.25. The number of nitrogens with one attached hydrogen (secondary N) is 1. The summed E-state index contributed by atoms with van der Waals surface area (Å²) < 4.78 is 35.0. The highest BCUT2D eigenvalue weighted by molar-refractivity contribution is 7.93. The van der Waals surface area contributed by atoms with Crippen molar-refractivity contribution in [1.82, 2.24) is 5.32 Å². The number of rotatable bonds is 9. The minimum absolute atomic E-state index is 0.0938. The number of furan rings is 1. The summed E-state index contributed by atoms with van der Waals surface area (Å²) in [5, 5.41) is 13.3. The van der Waals surface area contributed by atoms with E-state index in [-0.39, 0.29) is 17.1 Å². The molecule has 2 heterocycles. The molecule has 30 heavy (non-hydrogen) atoms. The average Bonchev–Trinajstić information content (AvgIpc) is 3.16. The number of sulfone groups is 1. The molecule has 164 valence electrons. The predicted octanol–water partition coefficient (Wildman–Crippen LogP) is 3.36. The number of aryl methyl sites for hydroxylation is 1. The van der Waals surface area contributed by atoms with E-state index < -0.39 is 20.6 Å². The van der Waals surface area contributed by atoms with Gasteiger partial charge in [-0.05, 0) is 63.4 Å². The van der Waals surface area contributed by atoms with E-state index in [0.29, 0.717) is 24.0 Å². The second kappa shape index (κ2) is 9.22. The molecule has 1 aromatic heterocycles. The SMILES string of the molecule is Cc1occc1S(=O)(=O)C(C)(Cc1ccc(OCCC2CCCCN2)cc1)C(=O)O. The quantitative estimate of drug-likeness (QED) is 0.622. The van der Waals surface area contributed by atoms with Crippen LogP contribution in [0.1, 0.15) is 43.9 Å². The van der Waals surface area contributed by atoms with Crippen LogP contribution in [0.2, 0.25) is 0 Å². The second-order valence-corrected chi connectivity index (χ2v) is 10.3. The number of piperidine rings is 1. The van der Waals surface area contributed by atoms with Crippen LogP contribution in [0.25, 0.3) is 0 Å². The first-order valence-corrected chi connectivity index (χ1v) is 11.7. The standard InChI is InChI=1S/C22H29NO6S/c1-16-20(11-14-28-16)30(26,27)22(2,21(24)25)15-17-6-8-19(9-7-17)29-13-10-18-5-3-4-12-23-18/h6-9,11,14,18,23H,3-5,10,12-13,15H2,1-2H3,(H,24,25). The van der Waals surface area contributed by atoms with Crippen molar-refractivity contribution in [2.45, 2.75) is 61.6 Å². The highest BCUT2D eigenvalue weighted by Gasteiger charge is 2.48. The molecule has 1 saturated heterocycles. The third-order valence-electron chi connectivity index (χ3n) is 5.76. The fourth-order valence-electron chi connectivity index (χ4n) is 3.76. The summed E-state index contributed by atoms with van der Waals surface area (Å²) in [4.78, 5) is 11.9. The first kappa shape index (κ1) is 22.4. The highest BCUT2D eigenvalue weighted by Crippen LogP contribution is 2.32. The number of carboxylic acid groups (broad SMARTS) is 1. The molecular formula is C22H29NO6S. The van der Waals surface area contributed by atoms with Gasteiger partial charge in [-0.3, -0.25) is 4.79 Å². The van der Waals surface area contributed by atoms with E-state index >= 15 is 0 Å². The van der Waals surface area contributed by atoms with Gasteiger partial charge < -0.3 is 19.6 Å². The second-order valence-electron chi connectivity index (χ2n) is 7.99. The molecular weight excluding hydrogens is 406 g/mol. The van der Waals surface area contributed by atoms with Crippen LogP contribution in [0.4, 0.5) is 0 Å². The molecule has 2 N–H and O–H groups in total. The summed E-state index contributed by atoms with van der Waals surface area (Å²) >= 11 is 0. The number of ether oxygens (including phenoxy) is 1. The minimum Gasteiger partial charge on any atom is -0.494 e. The third kappa shape index (κ3) is 4.70. The van der Waals surface area contributed by atoms with Crippen LogP contribution in [0.15, 0.2) is 45.9 Å². The van der Waals surface area contributed by atoms with Crippen molar-refractivity contribution in [1.29, 1.82) is 0 Å². The first-order valence-electron chi connectivity index (χ1n) is 10.2. The molecule has 2 atom stereocenters. The summed E-state index contributed by atoms with van der Waals surface area (Å²) in [5.74, 6) is -0.540. The van der Waals surface area contributed by atoms with Gasteiger partial charge in [0.25, 0.3) is 0 Å². The maximum absolute atomic E-state index is 13.1. The normalized spacial score (nSPS) is 19.2. The van der Waals surface area contributed by atoms with E-state index in [2.05, 4.69) is 5.32 Å². The topological polar surface area (TPSA) is 106 Å². The number of carbonyl (C=O) groups is 1. The average molecular weight is 436 g/mol. The Bertz CT molecular complexity index is 960. The Morgan fingerprint density at radius 3 is 2.57 bits per heavy atom. The van der Waals surface area contributed by atoms with Crippen LogP contribution in [0.5, 0.6) is 5.75 Å². The van der Waals surface area contributed by atoms with Gasteiger partial charge in [0.15, 0.2) is 14.6 Å². The molecule has 1 aliphatic rings. The maximum Gasteiger partial charge on any atom is 0.325 e. The lowest BCUT2D eigenvalue weighted by molar-refractivity contribution is -0.139. The highest BCUT2D eigenvalue weighted by atomic mass is 32.2. The zero-order valence-electron chi connectivity index (χ0n) is 17.4. The van der Waals surface area contributed by atoms with Crippen molar-refractivity contribution in [3.05, 3.63) is 47.9 Å². The summed E-state index contributed by atoms with van der Waals surface area (Å²) in [6, 6.07) is 8.72. The van der Waals surface area contributed by atoms with Crippen molar-refractivity contribution >= 4 is 15.8 Å². The molecule has 8 heteroatoms. The number of benzene rings is 1. The van der Waals surface area contributed by atoms with Crippen LogP contribution < -0.4 is 10.1 Å². The first-order chi connectivity index (χ1) is 14.2. The number of carboxylic acids is 1. The van der Waals surface area contributed by atoms with Crippen molar-refractivity contribution in [2.75, 3.05) is 13.2 Å². The largest absolute Gasteiger partial charge is 0.494 e. The van der Waals surface area contributed by atoms with Gasteiger partial charge in [0.2, 0.25) is 0 Å². The van der Waals surface area contributed by atoms with E-state index in [1.165, 1.54) is 45.4 Å². The van der Waals surface area contributed by atoms with Crippen LogP contribution in [0, 0.1) is 6.92 Å². The van der Waals surface area contributed by atoms with Crippen LogP contribution in [-0.4, -0.2) is 43.4 Å². The Morgan fingerprint density at radius 2 is 2.00 bits per heavy atom. The smallest absolute Gasteiger partial charge is 0.325 e. The third-order valence-corrected chi connectivity index (χ3v) is 8.27. The molecule has 2 unspecified atom stereocenters. The molecule has 0 spiro atoms. The van der Waals surface area contributed by atoms with Crippen molar-refractivity contribution < 1.29 is 27.5 Å². The van der Waals surface area contributed by atoms with Crippen LogP contribution in [0.3, 0.4) is 0 Å². The Labute approximate surface area is 177 Å². The Morgan fingerprint density at radius 1 is 1.27 bits per heavy atom. The molecule has 0 radical (unpaired) electrons. The van der Waals surface area contributed by atoms with Crippen LogP contribution >= 0.6 is 0 Å². The van der Waals surface area contributed by atoms with Crippen molar-refractivity contribution in [3.8, 4) is 5.75 Å². The van der Waals surface area contributed by atoms with Gasteiger partial charge in [-0.1, -0.05) is 18.6 Å². The van der Waals surface area contributed by atoms with Gasteiger partial charge in [0, 0.05) is 12.5 Å². The lowest BCUT2D eigenvalue weighted by Crippen LogP contribution is -2.45. The summed E-state index contributed by atoms with van der Waals surface area (Å²) in [6.45, 7) is 4.39. The van der Waals surface area contributed by atoms with E-state index in [9.17, 15) is 18.3 Å². The molecule has 0 bridgehead atoms. The summed E-state index contributed by atoms with van der Waals surface area (Å²) in [6.07, 6.45) is 5.66. The molecule has 1 aliphatic heterocycles. The Balaban J connectivity index is 1.67. The fourth-order valence-corrected chi connectivity index (χ4v) is 5.50.